The molecule has 1 aromatic carbocycles. The van der Waals surface area contributed by atoms with Crippen molar-refractivity contribution in [3.8, 4) is 0 Å². The van der Waals surface area contributed by atoms with Crippen molar-refractivity contribution in [3.63, 3.8) is 0 Å². The molecule has 3 rings (SSSR count). The molecule has 2 nitrogen and oxygen atoms in total. The molecule has 1 aliphatic heterocycles. The summed E-state index contributed by atoms with van der Waals surface area (Å²) in [5.41, 5.74) is 1.58. The van der Waals surface area contributed by atoms with E-state index in [2.05, 4.69) is 55.3 Å². The average Bonchev–Trinajstić information content (AvgIpc) is 2.43. The van der Waals surface area contributed by atoms with Gasteiger partial charge in [-0.3, -0.25) is 4.90 Å². The quantitative estimate of drug-likeness (QED) is 0.832. The van der Waals surface area contributed by atoms with Crippen molar-refractivity contribution in [3.05, 3.63) is 29.8 Å². The standard InChI is InChI=1S/C19H30N2S/c1-19(2,3)22-17-10-5-4-9-16(17)18(15-7-6-8-15)21-13-11-20-12-14-21/h4-5,9-10,15,18,20H,6-8,11-14H2,1-3H3/t18-/m1/s1. The van der Waals surface area contributed by atoms with Crippen LogP contribution in [0.1, 0.15) is 51.6 Å². The second kappa shape index (κ2) is 6.94. The zero-order valence-corrected chi connectivity index (χ0v) is 15.1. The van der Waals surface area contributed by atoms with E-state index in [-0.39, 0.29) is 4.75 Å². The number of hydrogen-bond acceptors (Lipinski definition) is 3. The summed E-state index contributed by atoms with van der Waals surface area (Å²) in [5.74, 6) is 0.861. The number of thioether (sulfide) groups is 1. The van der Waals surface area contributed by atoms with E-state index in [4.69, 9.17) is 0 Å². The van der Waals surface area contributed by atoms with Crippen molar-refractivity contribution in [2.45, 2.75) is 55.7 Å². The molecular weight excluding hydrogens is 288 g/mol. The second-order valence-electron chi connectivity index (χ2n) is 7.67. The fourth-order valence-electron chi connectivity index (χ4n) is 3.61. The third kappa shape index (κ3) is 3.87. The minimum atomic E-state index is 0.268. The summed E-state index contributed by atoms with van der Waals surface area (Å²) >= 11 is 2.03. The van der Waals surface area contributed by atoms with Gasteiger partial charge in [-0.15, -0.1) is 11.8 Å². The van der Waals surface area contributed by atoms with Gasteiger partial charge in [0.15, 0.2) is 0 Å². The minimum Gasteiger partial charge on any atom is -0.314 e. The lowest BCUT2D eigenvalue weighted by Crippen LogP contribution is -2.48. The predicted octanol–water partition coefficient (Wildman–Crippen LogP) is 4.32. The average molecular weight is 319 g/mol. The molecule has 0 amide bonds. The van der Waals surface area contributed by atoms with Crippen LogP contribution in [-0.2, 0) is 0 Å². The van der Waals surface area contributed by atoms with Gasteiger partial charge < -0.3 is 5.32 Å². The molecule has 1 heterocycles. The summed E-state index contributed by atoms with van der Waals surface area (Å²) in [4.78, 5) is 4.23. The third-order valence-corrected chi connectivity index (χ3v) is 6.00. The van der Waals surface area contributed by atoms with Gasteiger partial charge in [-0.25, -0.2) is 0 Å². The first-order valence-electron chi connectivity index (χ1n) is 8.77. The van der Waals surface area contributed by atoms with Crippen LogP contribution in [0.25, 0.3) is 0 Å². The molecule has 122 valence electrons. The fraction of sp³-hybridized carbons (Fsp3) is 0.684. The summed E-state index contributed by atoms with van der Waals surface area (Å²) in [6.07, 6.45) is 4.23. The lowest BCUT2D eigenvalue weighted by molar-refractivity contribution is 0.0820. The molecule has 1 atom stereocenters. The van der Waals surface area contributed by atoms with Crippen molar-refractivity contribution in [2.24, 2.45) is 5.92 Å². The van der Waals surface area contributed by atoms with Gasteiger partial charge in [0.25, 0.3) is 0 Å². The van der Waals surface area contributed by atoms with E-state index >= 15 is 0 Å². The Balaban J connectivity index is 1.89. The van der Waals surface area contributed by atoms with Gasteiger partial charge in [-0.1, -0.05) is 45.4 Å². The predicted molar refractivity (Wildman–Crippen MR) is 96.6 cm³/mol. The summed E-state index contributed by atoms with van der Waals surface area (Å²) < 4.78 is 0.268. The maximum atomic E-state index is 3.50. The maximum Gasteiger partial charge on any atom is 0.0388 e. The van der Waals surface area contributed by atoms with Crippen LogP contribution in [0, 0.1) is 5.92 Å². The Bertz CT molecular complexity index is 484. The number of nitrogens with zero attached hydrogens (tertiary/aromatic N) is 1. The Kier molecular flexibility index (Phi) is 5.16. The van der Waals surface area contributed by atoms with Gasteiger partial charge in [0.2, 0.25) is 0 Å². The number of benzene rings is 1. The molecular formula is C19H30N2S. The highest BCUT2D eigenvalue weighted by Crippen LogP contribution is 2.45. The van der Waals surface area contributed by atoms with Gasteiger partial charge in [-0.2, -0.15) is 0 Å². The van der Waals surface area contributed by atoms with Crippen molar-refractivity contribution in [1.82, 2.24) is 10.2 Å². The normalized spacial score (nSPS) is 22.3. The van der Waals surface area contributed by atoms with Crippen molar-refractivity contribution >= 4 is 11.8 Å². The lowest BCUT2D eigenvalue weighted by atomic mass is 9.76. The summed E-state index contributed by atoms with van der Waals surface area (Å²) in [5, 5.41) is 3.50. The molecule has 22 heavy (non-hydrogen) atoms. The van der Waals surface area contributed by atoms with E-state index < -0.39 is 0 Å². The Morgan fingerprint density at radius 1 is 1.14 bits per heavy atom. The maximum absolute atomic E-state index is 3.50. The van der Waals surface area contributed by atoms with E-state index in [0.717, 1.165) is 19.0 Å². The van der Waals surface area contributed by atoms with Crippen molar-refractivity contribution in [1.29, 1.82) is 0 Å². The zero-order chi connectivity index (χ0) is 15.6. The van der Waals surface area contributed by atoms with Crippen LogP contribution in [0.15, 0.2) is 29.2 Å². The number of hydrogen-bond donors (Lipinski definition) is 1. The van der Waals surface area contributed by atoms with Crippen LogP contribution in [0.4, 0.5) is 0 Å². The molecule has 2 fully saturated rings. The minimum absolute atomic E-state index is 0.268. The molecule has 0 unspecified atom stereocenters. The third-order valence-electron chi connectivity index (χ3n) is 4.80. The van der Waals surface area contributed by atoms with Gasteiger partial charge >= 0.3 is 0 Å². The van der Waals surface area contributed by atoms with Gasteiger partial charge in [-0.05, 0) is 30.4 Å². The second-order valence-corrected chi connectivity index (χ2v) is 9.54. The van der Waals surface area contributed by atoms with Gasteiger partial charge in [0, 0.05) is 41.9 Å². The summed E-state index contributed by atoms with van der Waals surface area (Å²) in [6, 6.07) is 9.78. The first kappa shape index (κ1) is 16.4. The highest BCUT2D eigenvalue weighted by molar-refractivity contribution is 8.00. The van der Waals surface area contributed by atoms with Crippen LogP contribution in [0.3, 0.4) is 0 Å². The topological polar surface area (TPSA) is 15.3 Å². The van der Waals surface area contributed by atoms with E-state index in [1.54, 1.807) is 5.56 Å². The first-order chi connectivity index (χ1) is 10.5. The monoisotopic (exact) mass is 318 g/mol. The number of rotatable bonds is 4. The molecule has 0 spiro atoms. The molecule has 0 aromatic heterocycles. The SMILES string of the molecule is CC(C)(C)Sc1ccccc1[C@@H](C1CCC1)N1CCNCC1. The largest absolute Gasteiger partial charge is 0.314 e. The Morgan fingerprint density at radius 2 is 1.82 bits per heavy atom. The number of piperazine rings is 1. The van der Waals surface area contributed by atoms with E-state index in [1.807, 2.05) is 11.8 Å². The molecule has 1 saturated heterocycles. The molecule has 1 saturated carbocycles. The molecule has 2 aliphatic rings. The van der Waals surface area contributed by atoms with Crippen molar-refractivity contribution in [2.75, 3.05) is 26.2 Å². The Labute approximate surface area is 140 Å². The Hall–Kier alpha value is -0.510. The van der Waals surface area contributed by atoms with E-state index in [9.17, 15) is 0 Å². The van der Waals surface area contributed by atoms with Crippen molar-refractivity contribution < 1.29 is 0 Å². The van der Waals surface area contributed by atoms with Crippen LogP contribution in [0.2, 0.25) is 0 Å². The highest BCUT2D eigenvalue weighted by Gasteiger charge is 2.35. The fourth-order valence-corrected chi connectivity index (χ4v) is 4.73. The van der Waals surface area contributed by atoms with Gasteiger partial charge in [0.1, 0.15) is 0 Å². The highest BCUT2D eigenvalue weighted by atomic mass is 32.2. The molecule has 1 aliphatic carbocycles. The molecule has 1 N–H and O–H groups in total. The zero-order valence-electron chi connectivity index (χ0n) is 14.3. The smallest absolute Gasteiger partial charge is 0.0388 e. The Morgan fingerprint density at radius 3 is 2.41 bits per heavy atom. The van der Waals surface area contributed by atoms with E-state index in [0.29, 0.717) is 6.04 Å². The van der Waals surface area contributed by atoms with E-state index in [1.165, 1.54) is 37.2 Å². The molecule has 0 bridgehead atoms. The van der Waals surface area contributed by atoms with Crippen LogP contribution in [-0.4, -0.2) is 35.8 Å². The molecule has 3 heteroatoms. The van der Waals surface area contributed by atoms with Crippen LogP contribution < -0.4 is 5.32 Å². The summed E-state index contributed by atoms with van der Waals surface area (Å²) in [7, 11) is 0. The molecule has 1 aromatic rings. The lowest BCUT2D eigenvalue weighted by Gasteiger charge is -2.44. The van der Waals surface area contributed by atoms with Crippen LogP contribution in [0.5, 0.6) is 0 Å². The number of nitrogens with one attached hydrogen (secondary N) is 1. The molecule has 0 radical (unpaired) electrons. The summed E-state index contributed by atoms with van der Waals surface area (Å²) in [6.45, 7) is 11.6. The van der Waals surface area contributed by atoms with Gasteiger partial charge in [0.05, 0.1) is 0 Å². The van der Waals surface area contributed by atoms with Crippen LogP contribution >= 0.6 is 11.8 Å². The first-order valence-corrected chi connectivity index (χ1v) is 9.59.